The maximum atomic E-state index is 13.2. The minimum absolute atomic E-state index is 0.255. The molecule has 6 aliphatic heterocycles. The molecular formula is C74H73FN18O6S3. The molecular weight excluding hydrogens is 1350 g/mol. The summed E-state index contributed by atoms with van der Waals surface area (Å²) in [5, 5.41) is 19.0. The molecule has 6 aliphatic rings. The number of fused-ring (bicyclic) bond motifs is 2. The summed E-state index contributed by atoms with van der Waals surface area (Å²) in [6.45, 7) is 12.2. The number of imide groups is 3. The van der Waals surface area contributed by atoms with Crippen molar-refractivity contribution in [3.63, 3.8) is 0 Å². The van der Waals surface area contributed by atoms with Gasteiger partial charge in [-0.05, 0) is 208 Å². The first-order chi connectivity index (χ1) is 49.6. The van der Waals surface area contributed by atoms with Crippen molar-refractivity contribution in [3.8, 4) is 11.3 Å². The smallest absolute Gasteiger partial charge is 0.290 e. The Hall–Kier alpha value is -10.2. The molecule has 0 saturated carbocycles. The minimum atomic E-state index is -0.393. The maximum absolute atomic E-state index is 13.2. The van der Waals surface area contributed by atoms with Gasteiger partial charge in [-0.2, -0.15) is 0 Å². The van der Waals surface area contributed by atoms with Crippen LogP contribution in [0.2, 0.25) is 0 Å². The monoisotopic (exact) mass is 1420 g/mol. The van der Waals surface area contributed by atoms with E-state index in [2.05, 4.69) is 135 Å². The molecule has 0 spiro atoms. The van der Waals surface area contributed by atoms with E-state index in [4.69, 9.17) is 4.98 Å². The van der Waals surface area contributed by atoms with Crippen molar-refractivity contribution in [1.29, 1.82) is 0 Å². The number of piperidine rings is 3. The number of pyridine rings is 3. The topological polar surface area (TPSA) is 300 Å². The van der Waals surface area contributed by atoms with Gasteiger partial charge in [-0.1, -0.05) is 42.5 Å². The van der Waals surface area contributed by atoms with E-state index >= 15 is 0 Å². The number of amides is 6. The number of aryl methyl sites for hydroxylation is 2. The number of benzene rings is 3. The highest BCUT2D eigenvalue weighted by Gasteiger charge is 2.30. The van der Waals surface area contributed by atoms with Gasteiger partial charge >= 0.3 is 0 Å². The zero-order valence-corrected chi connectivity index (χ0v) is 58.4. The lowest BCUT2D eigenvalue weighted by molar-refractivity contribution is -0.116. The van der Waals surface area contributed by atoms with Crippen LogP contribution in [-0.4, -0.2) is 136 Å². The van der Waals surface area contributed by atoms with E-state index in [1.165, 1.54) is 34.0 Å². The average Bonchev–Trinajstić information content (AvgIpc) is 1.35. The van der Waals surface area contributed by atoms with Crippen LogP contribution in [0, 0.1) is 25.6 Å². The third-order valence-electron chi connectivity index (χ3n) is 17.8. The maximum Gasteiger partial charge on any atom is 0.290 e. The van der Waals surface area contributed by atoms with Gasteiger partial charge in [0.05, 0.1) is 54.2 Å². The molecule has 6 saturated heterocycles. The minimum Gasteiger partial charge on any atom is -0.341 e. The van der Waals surface area contributed by atoms with Gasteiger partial charge in [-0.25, -0.2) is 34.3 Å². The summed E-state index contributed by atoms with van der Waals surface area (Å²) < 4.78 is 13.2. The van der Waals surface area contributed by atoms with E-state index in [0.29, 0.717) is 74.2 Å². The second kappa shape index (κ2) is 33.1. The van der Waals surface area contributed by atoms with Crippen molar-refractivity contribution in [3.05, 3.63) is 206 Å². The predicted molar refractivity (Wildman–Crippen MR) is 397 cm³/mol. The number of rotatable bonds is 17. The van der Waals surface area contributed by atoms with Crippen LogP contribution in [0.5, 0.6) is 0 Å². The summed E-state index contributed by atoms with van der Waals surface area (Å²) in [7, 11) is 0. The summed E-state index contributed by atoms with van der Waals surface area (Å²) in [5.41, 5.74) is 11.1. The Morgan fingerprint density at radius 1 is 0.490 bits per heavy atom. The third kappa shape index (κ3) is 18.5. The zero-order chi connectivity index (χ0) is 70.5. The summed E-state index contributed by atoms with van der Waals surface area (Å²) in [5.74, 6) is 1.03. The van der Waals surface area contributed by atoms with Crippen LogP contribution in [0.4, 0.5) is 36.6 Å². The highest BCUT2D eigenvalue weighted by atomic mass is 32.2. The fourth-order valence-electron chi connectivity index (χ4n) is 12.8. The van der Waals surface area contributed by atoms with Gasteiger partial charge in [-0.3, -0.25) is 59.7 Å². The molecule has 15 rings (SSSR count). The Bertz CT molecular complexity index is 4550. The van der Waals surface area contributed by atoms with E-state index in [9.17, 15) is 33.2 Å². The third-order valence-corrected chi connectivity index (χ3v) is 20.2. The van der Waals surface area contributed by atoms with Gasteiger partial charge in [-0.15, -0.1) is 0 Å². The fourth-order valence-corrected chi connectivity index (χ4v) is 14.8. The molecule has 12 heterocycles. The standard InChI is InChI=1S/C26H25FN6O2S.2C24H24N6O2S/c27-19-6-4-18(5-7-19)22-3-1-2-21(30-22)16-28-15-17-9-12-33(13-10-17)25-29-11-8-20(31-25)14-23-24(34)32-26(35)36-23;2*1-15-11-16(19-6-2-3-7-20(19)27-15)13-26-18-5-4-10-30(14-18)23-25-9-8-17(28-23)12-21-22(31)29-24(32)33-21/h1-8,11,14,17,28H,9-10,12-13,15-16H2,(H,32,34,35);2*2-3,6-9,11-12,18,26H,4-5,10,13-14H2,1H3,(H,29,31,32)/b23-14-;2*21-12-/t;2*18-/m.10/s1. The predicted octanol–water partition coefficient (Wildman–Crippen LogP) is 10.8. The number of carbonyl (C=O) groups is 6. The molecule has 2 atom stereocenters. The van der Waals surface area contributed by atoms with Gasteiger partial charge in [0.25, 0.3) is 33.4 Å². The lowest BCUT2D eigenvalue weighted by Crippen LogP contribution is -2.46. The lowest BCUT2D eigenvalue weighted by atomic mass is 9.97. The van der Waals surface area contributed by atoms with E-state index < -0.39 is 5.91 Å². The molecule has 6 aromatic heterocycles. The SMILES string of the molecule is Cc1cc(CN[C@@H]2CCCN(c3nccc(/C=C4\SC(=O)NC4=O)n3)C2)c2ccccc2n1.Cc1cc(CN[C@H]2CCCN(c3nccc(/C=C4\SC(=O)NC4=O)n3)C2)c2ccccc2n1.O=C1NC(=O)/C(=C/c2ccnc(N3CCC(CNCc4cccc(-c5ccc(F)cc5)n4)CC3)n2)S1. The number of nitrogens with zero attached hydrogens (tertiary/aromatic N) is 12. The first-order valence-electron chi connectivity index (χ1n) is 33.7. The highest BCUT2D eigenvalue weighted by Crippen LogP contribution is 2.31. The van der Waals surface area contributed by atoms with Crippen LogP contribution in [0.1, 0.15) is 83.8 Å². The molecule has 102 heavy (non-hydrogen) atoms. The van der Waals surface area contributed by atoms with Crippen LogP contribution in [0.15, 0.2) is 155 Å². The normalized spacial score (nSPS) is 19.1. The second-order valence-corrected chi connectivity index (χ2v) is 28.2. The molecule has 0 aliphatic carbocycles. The van der Waals surface area contributed by atoms with Crippen molar-refractivity contribution in [2.24, 2.45) is 5.92 Å². The van der Waals surface area contributed by atoms with Gasteiger partial charge in [0.1, 0.15) is 5.82 Å². The first kappa shape index (κ1) is 70.2. The largest absolute Gasteiger partial charge is 0.341 e. The van der Waals surface area contributed by atoms with Gasteiger partial charge in [0, 0.05) is 117 Å². The van der Waals surface area contributed by atoms with Crippen LogP contribution in [0.25, 0.3) is 51.3 Å². The number of carbonyl (C=O) groups excluding carboxylic acids is 6. The van der Waals surface area contributed by atoms with Crippen molar-refractivity contribution in [2.45, 2.75) is 84.1 Å². The molecule has 9 aromatic rings. The van der Waals surface area contributed by atoms with Gasteiger partial charge < -0.3 is 30.7 Å². The second-order valence-electron chi connectivity index (χ2n) is 25.2. The van der Waals surface area contributed by atoms with Gasteiger partial charge in [0.15, 0.2) is 0 Å². The van der Waals surface area contributed by atoms with Crippen LogP contribution < -0.4 is 46.6 Å². The average molecular weight is 1430 g/mol. The van der Waals surface area contributed by atoms with Crippen LogP contribution >= 0.6 is 35.3 Å². The molecule has 6 N–H and O–H groups in total. The Kier molecular flexibility index (Phi) is 22.8. The van der Waals surface area contributed by atoms with Crippen LogP contribution in [0.3, 0.4) is 0 Å². The summed E-state index contributed by atoms with van der Waals surface area (Å²) in [6.07, 6.45) is 16.2. The number of hydrogen-bond donors (Lipinski definition) is 6. The van der Waals surface area contributed by atoms with Crippen molar-refractivity contribution < 1.29 is 33.2 Å². The number of hydrogen-bond acceptors (Lipinski definition) is 24. The Morgan fingerprint density at radius 2 is 0.941 bits per heavy atom. The number of anilines is 3. The fraction of sp³-hybridized carbons (Fsp3) is 0.284. The van der Waals surface area contributed by atoms with E-state index in [0.717, 1.165) is 172 Å². The number of para-hydroxylation sites is 2. The molecule has 0 unspecified atom stereocenters. The molecule has 6 amide bonds. The summed E-state index contributed by atoms with van der Waals surface area (Å²) in [4.78, 5) is 118. The van der Waals surface area contributed by atoms with Crippen molar-refractivity contribution in [1.82, 2.24) is 76.8 Å². The Morgan fingerprint density at radius 3 is 1.39 bits per heavy atom. The number of aromatic nitrogens is 9. The van der Waals surface area contributed by atoms with E-state index in [-0.39, 0.29) is 33.3 Å². The molecule has 0 bridgehead atoms. The molecule has 3 aromatic carbocycles. The van der Waals surface area contributed by atoms with Gasteiger partial charge in [0.2, 0.25) is 17.8 Å². The quantitative estimate of drug-likeness (QED) is 0.0462. The Balaban J connectivity index is 0.000000137. The Labute approximate surface area is 600 Å². The van der Waals surface area contributed by atoms with Crippen molar-refractivity contribution >= 4 is 127 Å². The first-order valence-corrected chi connectivity index (χ1v) is 36.2. The number of thioether (sulfide) groups is 3. The van der Waals surface area contributed by atoms with E-state index in [1.807, 2.05) is 44.2 Å². The number of halogens is 1. The molecule has 520 valence electrons. The molecule has 28 heteroatoms. The molecule has 0 radical (unpaired) electrons. The molecule has 6 fully saturated rings. The van der Waals surface area contributed by atoms with Crippen LogP contribution in [-0.2, 0) is 34.0 Å². The van der Waals surface area contributed by atoms with Crippen molar-refractivity contribution in [2.75, 3.05) is 60.5 Å². The summed E-state index contributed by atoms with van der Waals surface area (Å²) in [6, 6.07) is 38.9. The molecule has 24 nitrogen and oxygen atoms in total. The zero-order valence-electron chi connectivity index (χ0n) is 56.0. The highest BCUT2D eigenvalue weighted by molar-refractivity contribution is 8.19. The lowest BCUT2D eigenvalue weighted by Gasteiger charge is -2.33. The van der Waals surface area contributed by atoms with E-state index in [1.54, 1.807) is 67.2 Å². The number of nitrogens with one attached hydrogen (secondary N) is 6. The summed E-state index contributed by atoms with van der Waals surface area (Å²) >= 11 is 2.66.